The van der Waals surface area contributed by atoms with Gasteiger partial charge in [0.25, 0.3) is 0 Å². The number of hydrogen-bond acceptors (Lipinski definition) is 5. The number of carbonyl (C=O) groups excluding carboxylic acids is 1. The number of amides is 1. The molecule has 0 fully saturated rings. The van der Waals surface area contributed by atoms with E-state index >= 15 is 0 Å². The lowest BCUT2D eigenvalue weighted by molar-refractivity contribution is 0.0679. The molecule has 2 aromatic heterocycles. The van der Waals surface area contributed by atoms with Crippen LogP contribution in [0.15, 0.2) is 48.9 Å². The fraction of sp³-hybridized carbons (Fsp3) is 0.214. The Bertz CT molecular complexity index is 534. The third-order valence-electron chi connectivity index (χ3n) is 2.37. The zero-order valence-corrected chi connectivity index (χ0v) is 11.1. The Morgan fingerprint density at radius 2 is 2.15 bits per heavy atom. The molecular formula is C14H15N3O3. The summed E-state index contributed by atoms with van der Waals surface area (Å²) in [6.45, 7) is 2.19. The number of hydrogen-bond donors (Lipinski definition) is 0. The predicted molar refractivity (Wildman–Crippen MR) is 72.8 cm³/mol. The van der Waals surface area contributed by atoms with Gasteiger partial charge in [0.1, 0.15) is 6.61 Å². The topological polar surface area (TPSA) is 64.5 Å². The molecule has 0 atom stereocenters. The molecule has 0 saturated carbocycles. The van der Waals surface area contributed by atoms with Crippen molar-refractivity contribution in [3.63, 3.8) is 0 Å². The fourth-order valence-electron chi connectivity index (χ4n) is 1.49. The largest absolute Gasteiger partial charge is 0.448 e. The van der Waals surface area contributed by atoms with E-state index in [1.165, 1.54) is 0 Å². The number of nitrogens with zero attached hydrogens (tertiary/aromatic N) is 3. The van der Waals surface area contributed by atoms with Crippen molar-refractivity contribution in [2.75, 3.05) is 11.7 Å². The van der Waals surface area contributed by atoms with E-state index in [0.29, 0.717) is 5.82 Å². The van der Waals surface area contributed by atoms with Crippen LogP contribution >= 0.6 is 0 Å². The van der Waals surface area contributed by atoms with Crippen LogP contribution in [0.5, 0.6) is 0 Å². The lowest BCUT2D eigenvalue weighted by Crippen LogP contribution is -2.32. The molecule has 0 aromatic carbocycles. The van der Waals surface area contributed by atoms with Gasteiger partial charge < -0.3 is 4.74 Å². The first-order valence-corrected chi connectivity index (χ1v) is 6.21. The highest BCUT2D eigenvalue weighted by molar-refractivity contribution is 5.83. The molecule has 2 aromatic rings. The van der Waals surface area contributed by atoms with Crippen LogP contribution in [0.25, 0.3) is 0 Å². The zero-order valence-electron chi connectivity index (χ0n) is 11.1. The Kier molecular flexibility index (Phi) is 5.02. The molecule has 20 heavy (non-hydrogen) atoms. The van der Waals surface area contributed by atoms with Gasteiger partial charge in [-0.25, -0.2) is 9.78 Å². The number of aromatic nitrogens is 2. The molecule has 0 unspecified atom stereocenters. The van der Waals surface area contributed by atoms with Gasteiger partial charge in [-0.15, -0.1) is 5.06 Å². The summed E-state index contributed by atoms with van der Waals surface area (Å²) in [6, 6.07) is 8.85. The molecule has 0 spiro atoms. The number of pyridine rings is 2. The average molecular weight is 273 g/mol. The van der Waals surface area contributed by atoms with Crippen molar-refractivity contribution < 1.29 is 14.4 Å². The Morgan fingerprint density at radius 1 is 1.25 bits per heavy atom. The zero-order chi connectivity index (χ0) is 14.2. The van der Waals surface area contributed by atoms with E-state index in [-0.39, 0.29) is 13.2 Å². The minimum atomic E-state index is -0.602. The fourth-order valence-corrected chi connectivity index (χ4v) is 1.49. The summed E-state index contributed by atoms with van der Waals surface area (Å²) >= 11 is 0. The normalized spacial score (nSPS) is 10.1. The van der Waals surface area contributed by atoms with Gasteiger partial charge in [0.15, 0.2) is 5.82 Å². The number of carbonyl (C=O) groups is 1. The van der Waals surface area contributed by atoms with Gasteiger partial charge in [0.2, 0.25) is 0 Å². The number of anilines is 1. The van der Waals surface area contributed by atoms with Crippen molar-refractivity contribution in [2.24, 2.45) is 0 Å². The molecule has 6 heteroatoms. The summed E-state index contributed by atoms with van der Waals surface area (Å²) < 4.78 is 4.95. The minimum Gasteiger partial charge on any atom is -0.448 e. The standard InChI is InChI=1S/C14H15N3O3/c1-2-19-14(18)17(13-7-3-4-9-16-13)20-11-12-6-5-8-15-10-12/h3-10H,2,11H2,1H3. The molecule has 0 aliphatic carbocycles. The highest BCUT2D eigenvalue weighted by Gasteiger charge is 2.19. The number of hydroxylamine groups is 1. The molecule has 2 heterocycles. The highest BCUT2D eigenvalue weighted by Crippen LogP contribution is 2.13. The van der Waals surface area contributed by atoms with Crippen LogP contribution in [-0.2, 0) is 16.2 Å². The maximum Gasteiger partial charge on any atom is 0.440 e. The lowest BCUT2D eigenvalue weighted by Gasteiger charge is -2.19. The van der Waals surface area contributed by atoms with Crippen LogP contribution in [-0.4, -0.2) is 22.7 Å². The number of rotatable bonds is 5. The molecule has 0 saturated heterocycles. The molecule has 2 rings (SSSR count). The van der Waals surface area contributed by atoms with Crippen LogP contribution in [0, 0.1) is 0 Å². The van der Waals surface area contributed by atoms with Gasteiger partial charge in [0.05, 0.1) is 6.61 Å². The molecular weight excluding hydrogens is 258 g/mol. The third kappa shape index (κ3) is 3.76. The maximum absolute atomic E-state index is 11.9. The van der Waals surface area contributed by atoms with Gasteiger partial charge in [-0.05, 0) is 30.7 Å². The van der Waals surface area contributed by atoms with Crippen LogP contribution < -0.4 is 5.06 Å². The summed E-state index contributed by atoms with van der Waals surface area (Å²) in [6.07, 6.45) is 4.32. The predicted octanol–water partition coefficient (Wildman–Crippen LogP) is 2.57. The van der Waals surface area contributed by atoms with Crippen LogP contribution in [0.3, 0.4) is 0 Å². The average Bonchev–Trinajstić information content (AvgIpc) is 2.50. The Morgan fingerprint density at radius 3 is 2.80 bits per heavy atom. The monoisotopic (exact) mass is 273 g/mol. The summed E-state index contributed by atoms with van der Waals surface area (Å²) in [5.41, 5.74) is 0.845. The number of ether oxygens (including phenoxy) is 1. The molecule has 0 aliphatic rings. The van der Waals surface area contributed by atoms with Crippen LogP contribution in [0.1, 0.15) is 12.5 Å². The first-order valence-electron chi connectivity index (χ1n) is 6.21. The van der Waals surface area contributed by atoms with Crippen molar-refractivity contribution in [2.45, 2.75) is 13.5 Å². The van der Waals surface area contributed by atoms with Crippen molar-refractivity contribution >= 4 is 11.9 Å². The SMILES string of the molecule is CCOC(=O)N(OCc1cccnc1)c1ccccn1. The lowest BCUT2D eigenvalue weighted by atomic mass is 10.3. The van der Waals surface area contributed by atoms with Gasteiger partial charge in [-0.2, -0.15) is 0 Å². The van der Waals surface area contributed by atoms with Crippen molar-refractivity contribution in [1.82, 2.24) is 9.97 Å². The second kappa shape index (κ2) is 7.20. The Labute approximate surface area is 116 Å². The van der Waals surface area contributed by atoms with Crippen LogP contribution in [0.2, 0.25) is 0 Å². The second-order valence-corrected chi connectivity index (χ2v) is 3.82. The van der Waals surface area contributed by atoms with E-state index in [1.54, 1.807) is 49.8 Å². The summed E-state index contributed by atoms with van der Waals surface area (Å²) in [4.78, 5) is 25.4. The molecule has 0 N–H and O–H groups in total. The summed E-state index contributed by atoms with van der Waals surface area (Å²) in [5.74, 6) is 0.370. The minimum absolute atomic E-state index is 0.198. The third-order valence-corrected chi connectivity index (χ3v) is 2.37. The second-order valence-electron chi connectivity index (χ2n) is 3.82. The molecule has 104 valence electrons. The van der Waals surface area contributed by atoms with Crippen LogP contribution in [0.4, 0.5) is 10.6 Å². The Balaban J connectivity index is 2.09. The first-order chi connectivity index (χ1) is 9.81. The van der Waals surface area contributed by atoms with Gasteiger partial charge >= 0.3 is 6.09 Å². The van der Waals surface area contributed by atoms with E-state index in [0.717, 1.165) is 10.6 Å². The van der Waals surface area contributed by atoms with Gasteiger partial charge in [0, 0.05) is 18.6 Å². The van der Waals surface area contributed by atoms with Gasteiger partial charge in [-0.1, -0.05) is 12.1 Å². The van der Waals surface area contributed by atoms with Crippen molar-refractivity contribution in [3.8, 4) is 0 Å². The van der Waals surface area contributed by atoms with Gasteiger partial charge in [-0.3, -0.25) is 9.82 Å². The molecule has 0 bridgehead atoms. The maximum atomic E-state index is 11.9. The Hall–Kier alpha value is -2.47. The van der Waals surface area contributed by atoms with E-state index in [2.05, 4.69) is 9.97 Å². The van der Waals surface area contributed by atoms with Crippen molar-refractivity contribution in [1.29, 1.82) is 0 Å². The summed E-state index contributed by atoms with van der Waals surface area (Å²) in [7, 11) is 0. The molecule has 6 nitrogen and oxygen atoms in total. The van der Waals surface area contributed by atoms with Crippen molar-refractivity contribution in [3.05, 3.63) is 54.5 Å². The van der Waals surface area contributed by atoms with E-state index in [9.17, 15) is 4.79 Å². The van der Waals surface area contributed by atoms with E-state index in [4.69, 9.17) is 9.57 Å². The molecule has 1 amide bonds. The highest BCUT2D eigenvalue weighted by atomic mass is 16.7. The quantitative estimate of drug-likeness (QED) is 0.783. The molecule has 0 radical (unpaired) electrons. The van der Waals surface area contributed by atoms with E-state index < -0.39 is 6.09 Å². The summed E-state index contributed by atoms with van der Waals surface area (Å²) in [5, 5.41) is 1.04. The molecule has 0 aliphatic heterocycles. The van der Waals surface area contributed by atoms with E-state index in [1.807, 2.05) is 6.07 Å². The first kappa shape index (κ1) is 14.0. The smallest absolute Gasteiger partial charge is 0.440 e.